The minimum Gasteiger partial charge on any atom is -0.354 e. The van der Waals surface area contributed by atoms with Crippen LogP contribution in [0.15, 0.2) is 47.7 Å². The number of benzene rings is 1. The number of aryl methyl sites for hydroxylation is 2. The van der Waals surface area contributed by atoms with Crippen LogP contribution >= 0.6 is 11.6 Å². The van der Waals surface area contributed by atoms with Crippen molar-refractivity contribution in [3.63, 3.8) is 0 Å². The predicted octanol–water partition coefficient (Wildman–Crippen LogP) is 5.25. The Hall–Kier alpha value is -2.92. The highest BCUT2D eigenvalue weighted by molar-refractivity contribution is 6.31. The number of aromatic amines is 1. The van der Waals surface area contributed by atoms with E-state index < -0.39 is 0 Å². The fraction of sp³-hybridized carbons (Fsp3) is 0.261. The summed E-state index contributed by atoms with van der Waals surface area (Å²) in [5.41, 5.74) is 4.93. The van der Waals surface area contributed by atoms with Gasteiger partial charge in [-0.15, -0.1) is 0 Å². The van der Waals surface area contributed by atoms with Crippen LogP contribution in [-0.2, 0) is 12.5 Å². The standard InChI is InChI=1S/C23H23ClN4O/c1-13-10-15(23(2,3)4)16(24)11-14(13)18-12-19(29)20-17(27-18)6-7-25-21(20)22-26-8-9-28(22)5/h6-12H,1-5H3,(H,27,29). The summed E-state index contributed by atoms with van der Waals surface area (Å²) in [5, 5.41) is 1.23. The van der Waals surface area contributed by atoms with Crippen molar-refractivity contribution in [3.05, 3.63) is 69.2 Å². The van der Waals surface area contributed by atoms with Crippen LogP contribution in [0.2, 0.25) is 5.02 Å². The molecule has 0 radical (unpaired) electrons. The van der Waals surface area contributed by atoms with Crippen molar-refractivity contribution in [2.75, 3.05) is 0 Å². The van der Waals surface area contributed by atoms with Gasteiger partial charge in [-0.1, -0.05) is 38.4 Å². The third-order valence-electron chi connectivity index (χ3n) is 5.19. The maximum absolute atomic E-state index is 13.1. The second-order valence-corrected chi connectivity index (χ2v) is 8.80. The Morgan fingerprint density at radius 3 is 2.52 bits per heavy atom. The maximum atomic E-state index is 13.1. The zero-order valence-electron chi connectivity index (χ0n) is 17.2. The van der Waals surface area contributed by atoms with Crippen molar-refractivity contribution >= 4 is 22.5 Å². The van der Waals surface area contributed by atoms with Gasteiger partial charge in [0.2, 0.25) is 0 Å². The molecule has 6 heteroatoms. The number of imidazole rings is 1. The van der Waals surface area contributed by atoms with E-state index in [0.29, 0.717) is 21.9 Å². The monoisotopic (exact) mass is 406 g/mol. The molecule has 0 saturated carbocycles. The predicted molar refractivity (Wildman–Crippen MR) is 118 cm³/mol. The van der Waals surface area contributed by atoms with E-state index in [1.807, 2.05) is 36.9 Å². The molecule has 0 bridgehead atoms. The summed E-state index contributed by atoms with van der Waals surface area (Å²) in [6.07, 6.45) is 5.22. The number of nitrogens with one attached hydrogen (secondary N) is 1. The molecule has 0 aliphatic heterocycles. The Morgan fingerprint density at radius 2 is 1.86 bits per heavy atom. The number of hydrogen-bond acceptors (Lipinski definition) is 3. The second-order valence-electron chi connectivity index (χ2n) is 8.39. The van der Waals surface area contributed by atoms with Gasteiger partial charge < -0.3 is 9.55 Å². The highest BCUT2D eigenvalue weighted by Crippen LogP contribution is 2.35. The molecule has 0 aliphatic rings. The second kappa shape index (κ2) is 6.85. The number of aromatic nitrogens is 4. The maximum Gasteiger partial charge on any atom is 0.192 e. The first kappa shape index (κ1) is 19.4. The van der Waals surface area contributed by atoms with Crippen molar-refractivity contribution in [1.29, 1.82) is 0 Å². The molecule has 0 saturated heterocycles. The lowest BCUT2D eigenvalue weighted by atomic mass is 9.85. The molecule has 3 aromatic heterocycles. The molecule has 1 N–H and O–H groups in total. The molecule has 3 heterocycles. The summed E-state index contributed by atoms with van der Waals surface area (Å²) in [6, 6.07) is 7.47. The van der Waals surface area contributed by atoms with Gasteiger partial charge in [-0.3, -0.25) is 9.78 Å². The molecule has 0 atom stereocenters. The summed E-state index contributed by atoms with van der Waals surface area (Å²) in [5.74, 6) is 0.655. The SMILES string of the molecule is Cc1cc(C(C)(C)C)c(Cl)cc1-c1cc(=O)c2c(-c3nccn3C)nccc2[nH]1. The Labute approximate surface area is 174 Å². The van der Waals surface area contributed by atoms with Crippen molar-refractivity contribution < 1.29 is 0 Å². The lowest BCUT2D eigenvalue weighted by molar-refractivity contribution is 0.590. The Kier molecular flexibility index (Phi) is 4.58. The van der Waals surface area contributed by atoms with E-state index in [-0.39, 0.29) is 10.8 Å². The smallest absolute Gasteiger partial charge is 0.192 e. The average molecular weight is 407 g/mol. The van der Waals surface area contributed by atoms with Gasteiger partial charge in [-0.2, -0.15) is 0 Å². The van der Waals surface area contributed by atoms with Crippen LogP contribution in [0.1, 0.15) is 31.9 Å². The van der Waals surface area contributed by atoms with Crippen LogP contribution in [0.5, 0.6) is 0 Å². The lowest BCUT2D eigenvalue weighted by Gasteiger charge is -2.22. The van der Waals surface area contributed by atoms with Gasteiger partial charge in [0, 0.05) is 42.3 Å². The first-order chi connectivity index (χ1) is 13.7. The summed E-state index contributed by atoms with van der Waals surface area (Å²) < 4.78 is 1.85. The summed E-state index contributed by atoms with van der Waals surface area (Å²) >= 11 is 6.59. The molecule has 0 unspecified atom stereocenters. The van der Waals surface area contributed by atoms with Gasteiger partial charge in [0.25, 0.3) is 0 Å². The van der Waals surface area contributed by atoms with E-state index in [1.54, 1.807) is 18.5 Å². The van der Waals surface area contributed by atoms with Crippen LogP contribution in [0.25, 0.3) is 33.7 Å². The van der Waals surface area contributed by atoms with Crippen LogP contribution in [0, 0.1) is 6.92 Å². The topological polar surface area (TPSA) is 63.6 Å². The van der Waals surface area contributed by atoms with Gasteiger partial charge in [0.1, 0.15) is 5.69 Å². The molecule has 1 aromatic carbocycles. The van der Waals surface area contributed by atoms with E-state index >= 15 is 0 Å². The number of nitrogens with zero attached hydrogens (tertiary/aromatic N) is 3. The molecule has 0 fully saturated rings. The first-order valence-electron chi connectivity index (χ1n) is 9.47. The molecule has 0 spiro atoms. The highest BCUT2D eigenvalue weighted by Gasteiger charge is 2.20. The third kappa shape index (κ3) is 3.36. The molecule has 0 amide bonds. The van der Waals surface area contributed by atoms with E-state index in [0.717, 1.165) is 27.9 Å². The number of halogens is 1. The molecule has 148 valence electrons. The van der Waals surface area contributed by atoms with Gasteiger partial charge >= 0.3 is 0 Å². The number of rotatable bonds is 2. The fourth-order valence-corrected chi connectivity index (χ4v) is 4.10. The molecule has 5 nitrogen and oxygen atoms in total. The third-order valence-corrected chi connectivity index (χ3v) is 5.50. The highest BCUT2D eigenvalue weighted by atomic mass is 35.5. The quantitative estimate of drug-likeness (QED) is 0.494. The number of hydrogen-bond donors (Lipinski definition) is 1. The zero-order valence-corrected chi connectivity index (χ0v) is 17.9. The number of H-pyrrole nitrogens is 1. The zero-order chi connectivity index (χ0) is 20.9. The molecule has 0 aliphatic carbocycles. The van der Waals surface area contributed by atoms with Crippen LogP contribution in [0.4, 0.5) is 0 Å². The Bertz CT molecular complexity index is 1290. The lowest BCUT2D eigenvalue weighted by Crippen LogP contribution is -2.12. The molecular weight excluding hydrogens is 384 g/mol. The normalized spacial score (nSPS) is 11.9. The van der Waals surface area contributed by atoms with E-state index in [4.69, 9.17) is 11.6 Å². The molecular formula is C23H23ClN4O. The Morgan fingerprint density at radius 1 is 1.10 bits per heavy atom. The van der Waals surface area contributed by atoms with Gasteiger partial charge in [0.05, 0.1) is 16.6 Å². The summed E-state index contributed by atoms with van der Waals surface area (Å²) in [4.78, 5) is 25.3. The van der Waals surface area contributed by atoms with E-state index in [2.05, 4.69) is 41.8 Å². The molecule has 4 rings (SSSR count). The van der Waals surface area contributed by atoms with E-state index in [1.165, 1.54) is 0 Å². The van der Waals surface area contributed by atoms with Gasteiger partial charge in [-0.25, -0.2) is 4.98 Å². The van der Waals surface area contributed by atoms with Crippen LogP contribution < -0.4 is 5.43 Å². The number of fused-ring (bicyclic) bond motifs is 1. The van der Waals surface area contributed by atoms with Gasteiger partial charge in [0.15, 0.2) is 11.3 Å². The minimum absolute atomic E-state index is 0.0557. The Balaban J connectivity index is 1.93. The van der Waals surface area contributed by atoms with Crippen molar-refractivity contribution in [1.82, 2.24) is 19.5 Å². The van der Waals surface area contributed by atoms with E-state index in [9.17, 15) is 4.79 Å². The van der Waals surface area contributed by atoms with Crippen molar-refractivity contribution in [2.45, 2.75) is 33.1 Å². The van der Waals surface area contributed by atoms with Gasteiger partial charge in [-0.05, 0) is 35.6 Å². The first-order valence-corrected chi connectivity index (χ1v) is 9.85. The van der Waals surface area contributed by atoms with Crippen LogP contribution in [0.3, 0.4) is 0 Å². The average Bonchev–Trinajstić information content (AvgIpc) is 3.07. The largest absolute Gasteiger partial charge is 0.354 e. The fourth-order valence-electron chi connectivity index (χ4n) is 3.65. The van der Waals surface area contributed by atoms with Crippen molar-refractivity contribution in [2.24, 2.45) is 7.05 Å². The van der Waals surface area contributed by atoms with Crippen LogP contribution in [-0.4, -0.2) is 19.5 Å². The summed E-state index contributed by atoms with van der Waals surface area (Å²) in [6.45, 7) is 8.45. The molecule has 4 aromatic rings. The minimum atomic E-state index is -0.102. The molecule has 29 heavy (non-hydrogen) atoms. The summed E-state index contributed by atoms with van der Waals surface area (Å²) in [7, 11) is 1.88. The van der Waals surface area contributed by atoms with Crippen molar-refractivity contribution in [3.8, 4) is 22.8 Å². The number of pyridine rings is 2.